The summed E-state index contributed by atoms with van der Waals surface area (Å²) >= 11 is 0. The molecule has 2 N–H and O–H groups in total. The summed E-state index contributed by atoms with van der Waals surface area (Å²) in [6.45, 7) is 2.95. The highest BCUT2D eigenvalue weighted by molar-refractivity contribution is 5.56. The molecule has 1 heterocycles. The van der Waals surface area contributed by atoms with Crippen LogP contribution in [0.4, 0.5) is 11.5 Å². The lowest BCUT2D eigenvalue weighted by molar-refractivity contribution is 0.807. The number of pyridine rings is 1. The maximum Gasteiger partial charge on any atom is 0.130 e. The normalized spacial score (nSPS) is 10.2. The van der Waals surface area contributed by atoms with Gasteiger partial charge in [0.1, 0.15) is 5.82 Å². The number of hydrogen-bond donors (Lipinski definition) is 2. The smallest absolute Gasteiger partial charge is 0.130 e. The second kappa shape index (κ2) is 5.46. The zero-order chi connectivity index (χ0) is 12.1. The summed E-state index contributed by atoms with van der Waals surface area (Å²) in [7, 11) is 1.94. The molecule has 0 radical (unpaired) electrons. The summed E-state index contributed by atoms with van der Waals surface area (Å²) in [5.74, 6) is 0.883. The van der Waals surface area contributed by atoms with Crippen molar-refractivity contribution < 1.29 is 0 Å². The number of rotatable bonds is 4. The number of para-hydroxylation sites is 1. The summed E-state index contributed by atoms with van der Waals surface area (Å²) < 4.78 is 0. The number of aromatic nitrogens is 1. The largest absolute Gasteiger partial charge is 0.340 e. The molecule has 2 rings (SSSR count). The Labute approximate surface area is 102 Å². The first-order valence-corrected chi connectivity index (χ1v) is 5.72. The minimum Gasteiger partial charge on any atom is -0.340 e. The molecule has 0 amide bonds. The Morgan fingerprint density at radius 3 is 2.59 bits per heavy atom. The lowest BCUT2D eigenvalue weighted by atomic mass is 10.1. The molecule has 0 fully saturated rings. The highest BCUT2D eigenvalue weighted by atomic mass is 15.0. The summed E-state index contributed by atoms with van der Waals surface area (Å²) in [5, 5.41) is 6.42. The van der Waals surface area contributed by atoms with Gasteiger partial charge in [0.2, 0.25) is 0 Å². The molecular formula is C14H17N3. The number of aryl methyl sites for hydroxylation is 1. The van der Waals surface area contributed by atoms with E-state index in [9.17, 15) is 0 Å². The molecule has 1 aromatic heterocycles. The van der Waals surface area contributed by atoms with E-state index in [4.69, 9.17) is 0 Å². The number of hydrogen-bond acceptors (Lipinski definition) is 3. The molecule has 0 saturated carbocycles. The standard InChI is InChI=1S/C14H17N3/c1-11-8-14(16-10-12(11)9-15-2)17-13-6-4-3-5-7-13/h3-8,10,15H,9H2,1-2H3,(H,16,17). The molecule has 0 aliphatic carbocycles. The molecule has 0 spiro atoms. The first-order chi connectivity index (χ1) is 8.29. The molecular weight excluding hydrogens is 210 g/mol. The zero-order valence-corrected chi connectivity index (χ0v) is 10.2. The van der Waals surface area contributed by atoms with E-state index < -0.39 is 0 Å². The molecule has 17 heavy (non-hydrogen) atoms. The van der Waals surface area contributed by atoms with Crippen molar-refractivity contribution in [1.29, 1.82) is 0 Å². The van der Waals surface area contributed by atoms with E-state index in [1.54, 1.807) is 0 Å². The molecule has 3 heteroatoms. The minimum absolute atomic E-state index is 0.852. The van der Waals surface area contributed by atoms with Gasteiger partial charge in [0.05, 0.1) is 0 Å². The van der Waals surface area contributed by atoms with Gasteiger partial charge in [-0.2, -0.15) is 0 Å². The van der Waals surface area contributed by atoms with E-state index in [0.717, 1.165) is 18.1 Å². The Morgan fingerprint density at radius 1 is 1.18 bits per heavy atom. The third kappa shape index (κ3) is 3.04. The predicted molar refractivity (Wildman–Crippen MR) is 71.5 cm³/mol. The van der Waals surface area contributed by atoms with Gasteiger partial charge < -0.3 is 10.6 Å². The van der Waals surface area contributed by atoms with Crippen molar-refractivity contribution >= 4 is 11.5 Å². The molecule has 1 aromatic carbocycles. The number of nitrogens with one attached hydrogen (secondary N) is 2. The fourth-order valence-electron chi connectivity index (χ4n) is 1.70. The summed E-state index contributed by atoms with van der Waals surface area (Å²) in [6, 6.07) is 12.1. The van der Waals surface area contributed by atoms with Crippen molar-refractivity contribution in [3.63, 3.8) is 0 Å². The van der Waals surface area contributed by atoms with E-state index in [1.165, 1.54) is 11.1 Å². The van der Waals surface area contributed by atoms with Crippen LogP contribution in [0.1, 0.15) is 11.1 Å². The molecule has 0 aliphatic heterocycles. The van der Waals surface area contributed by atoms with Crippen LogP contribution in [0.5, 0.6) is 0 Å². The molecule has 2 aromatic rings. The van der Waals surface area contributed by atoms with Gasteiger partial charge in [0.25, 0.3) is 0 Å². The van der Waals surface area contributed by atoms with Crippen molar-refractivity contribution in [2.45, 2.75) is 13.5 Å². The number of benzene rings is 1. The monoisotopic (exact) mass is 227 g/mol. The Bertz CT molecular complexity index is 480. The average molecular weight is 227 g/mol. The van der Waals surface area contributed by atoms with Crippen LogP contribution < -0.4 is 10.6 Å². The minimum atomic E-state index is 0.852. The first kappa shape index (κ1) is 11.6. The van der Waals surface area contributed by atoms with Crippen molar-refractivity contribution in [2.75, 3.05) is 12.4 Å². The van der Waals surface area contributed by atoms with E-state index in [0.29, 0.717) is 0 Å². The van der Waals surface area contributed by atoms with E-state index in [1.807, 2.05) is 43.6 Å². The number of nitrogens with zero attached hydrogens (tertiary/aromatic N) is 1. The molecule has 0 unspecified atom stereocenters. The van der Waals surface area contributed by atoms with Crippen LogP contribution in [0.2, 0.25) is 0 Å². The van der Waals surface area contributed by atoms with Crippen LogP contribution in [0, 0.1) is 6.92 Å². The van der Waals surface area contributed by atoms with E-state index >= 15 is 0 Å². The van der Waals surface area contributed by atoms with Gasteiger partial charge >= 0.3 is 0 Å². The van der Waals surface area contributed by atoms with Gasteiger partial charge in [0.15, 0.2) is 0 Å². The Kier molecular flexibility index (Phi) is 3.73. The van der Waals surface area contributed by atoms with Crippen LogP contribution in [-0.4, -0.2) is 12.0 Å². The van der Waals surface area contributed by atoms with Gasteiger partial charge in [-0.25, -0.2) is 4.98 Å². The third-order valence-corrected chi connectivity index (χ3v) is 2.63. The fraction of sp³-hybridized carbons (Fsp3) is 0.214. The van der Waals surface area contributed by atoms with Crippen LogP contribution in [0.25, 0.3) is 0 Å². The second-order valence-corrected chi connectivity index (χ2v) is 4.02. The third-order valence-electron chi connectivity index (χ3n) is 2.63. The van der Waals surface area contributed by atoms with Gasteiger partial charge in [-0.05, 0) is 43.3 Å². The summed E-state index contributed by atoms with van der Waals surface area (Å²) in [6.07, 6.45) is 1.91. The van der Waals surface area contributed by atoms with Crippen molar-refractivity contribution in [3.05, 3.63) is 53.7 Å². The Morgan fingerprint density at radius 2 is 1.94 bits per heavy atom. The van der Waals surface area contributed by atoms with Crippen molar-refractivity contribution in [3.8, 4) is 0 Å². The van der Waals surface area contributed by atoms with Crippen LogP contribution >= 0.6 is 0 Å². The SMILES string of the molecule is CNCc1cnc(Nc2ccccc2)cc1C. The summed E-state index contributed by atoms with van der Waals surface area (Å²) in [5.41, 5.74) is 3.53. The highest BCUT2D eigenvalue weighted by Crippen LogP contribution is 2.16. The number of anilines is 2. The zero-order valence-electron chi connectivity index (χ0n) is 10.2. The molecule has 88 valence electrons. The van der Waals surface area contributed by atoms with Crippen molar-refractivity contribution in [1.82, 2.24) is 10.3 Å². The maximum absolute atomic E-state index is 4.40. The quantitative estimate of drug-likeness (QED) is 0.843. The van der Waals surface area contributed by atoms with Gasteiger partial charge in [-0.1, -0.05) is 18.2 Å². The maximum atomic E-state index is 4.40. The van der Waals surface area contributed by atoms with E-state index in [-0.39, 0.29) is 0 Å². The second-order valence-electron chi connectivity index (χ2n) is 4.02. The first-order valence-electron chi connectivity index (χ1n) is 5.72. The van der Waals surface area contributed by atoms with Gasteiger partial charge in [-0.15, -0.1) is 0 Å². The molecule has 0 bridgehead atoms. The Hall–Kier alpha value is -1.87. The van der Waals surface area contributed by atoms with Crippen LogP contribution in [-0.2, 0) is 6.54 Å². The van der Waals surface area contributed by atoms with Crippen molar-refractivity contribution in [2.24, 2.45) is 0 Å². The topological polar surface area (TPSA) is 37.0 Å². The van der Waals surface area contributed by atoms with Crippen LogP contribution in [0.15, 0.2) is 42.6 Å². The summed E-state index contributed by atoms with van der Waals surface area (Å²) in [4.78, 5) is 4.40. The highest BCUT2D eigenvalue weighted by Gasteiger charge is 2.00. The molecule has 0 atom stereocenters. The van der Waals surface area contributed by atoms with Gasteiger partial charge in [0, 0.05) is 18.4 Å². The predicted octanol–water partition coefficient (Wildman–Crippen LogP) is 2.85. The molecule has 0 aliphatic rings. The molecule has 3 nitrogen and oxygen atoms in total. The Balaban J connectivity index is 2.15. The lowest BCUT2D eigenvalue weighted by Crippen LogP contribution is -2.07. The fourth-order valence-corrected chi connectivity index (χ4v) is 1.70. The van der Waals surface area contributed by atoms with Crippen LogP contribution in [0.3, 0.4) is 0 Å². The van der Waals surface area contributed by atoms with E-state index in [2.05, 4.69) is 28.6 Å². The molecule has 0 saturated heterocycles. The average Bonchev–Trinajstić information content (AvgIpc) is 2.34. The lowest BCUT2D eigenvalue weighted by Gasteiger charge is -2.09. The van der Waals surface area contributed by atoms with Gasteiger partial charge in [-0.3, -0.25) is 0 Å².